The zero-order valence-electron chi connectivity index (χ0n) is 14.4. The first kappa shape index (κ1) is 15.7. The topological polar surface area (TPSA) is 0 Å². The average Bonchev–Trinajstić information content (AvgIpc) is 2.82. The molecule has 3 aromatic rings. The molecule has 0 aromatic heterocycles. The van der Waals surface area contributed by atoms with E-state index in [-0.39, 0.29) is 5.41 Å². The molecule has 0 saturated carbocycles. The summed E-state index contributed by atoms with van der Waals surface area (Å²) in [6.07, 6.45) is 0. The van der Waals surface area contributed by atoms with Crippen LogP contribution in [0.2, 0.25) is 6.82 Å². The molecular weight excluding hydrogens is 355 g/mol. The van der Waals surface area contributed by atoms with Gasteiger partial charge in [-0.05, 0) is 51.6 Å². The van der Waals surface area contributed by atoms with E-state index in [9.17, 15) is 0 Å². The van der Waals surface area contributed by atoms with Crippen LogP contribution in [0.5, 0.6) is 0 Å². The number of hydrogen-bond donors (Lipinski definition) is 0. The van der Waals surface area contributed by atoms with Crippen molar-refractivity contribution >= 4 is 28.7 Å². The van der Waals surface area contributed by atoms with Gasteiger partial charge in [-0.25, -0.2) is 0 Å². The van der Waals surface area contributed by atoms with Gasteiger partial charge in [0.25, 0.3) is 0 Å². The Morgan fingerprint density at radius 3 is 2.00 bits per heavy atom. The van der Waals surface area contributed by atoms with E-state index in [1.54, 1.807) is 0 Å². The Morgan fingerprint density at radius 1 is 0.750 bits per heavy atom. The van der Waals surface area contributed by atoms with E-state index < -0.39 is 0 Å². The van der Waals surface area contributed by atoms with Crippen molar-refractivity contribution in [2.75, 3.05) is 0 Å². The Hall–Kier alpha value is -1.80. The van der Waals surface area contributed by atoms with Gasteiger partial charge in [0, 0.05) is 9.89 Å². The van der Waals surface area contributed by atoms with Crippen LogP contribution < -0.4 is 5.46 Å². The van der Waals surface area contributed by atoms with Gasteiger partial charge in [0.05, 0.1) is 0 Å². The minimum absolute atomic E-state index is 0.0355. The van der Waals surface area contributed by atoms with E-state index >= 15 is 0 Å². The van der Waals surface area contributed by atoms with E-state index in [0.29, 0.717) is 0 Å². The lowest BCUT2D eigenvalue weighted by Gasteiger charge is -2.22. The molecule has 4 rings (SSSR count). The van der Waals surface area contributed by atoms with Gasteiger partial charge in [0.15, 0.2) is 7.28 Å². The summed E-state index contributed by atoms with van der Waals surface area (Å²) >= 11 is 3.63. The van der Waals surface area contributed by atoms with Crippen molar-refractivity contribution in [2.24, 2.45) is 0 Å². The third-order valence-electron chi connectivity index (χ3n) is 5.33. The minimum Gasteiger partial charge on any atom is -0.0849 e. The van der Waals surface area contributed by atoms with E-state index in [4.69, 9.17) is 0 Å². The molecule has 0 amide bonds. The molecule has 3 aromatic carbocycles. The fraction of sp³-hybridized carbons (Fsp3) is 0.182. The minimum atomic E-state index is 0.0355. The quantitative estimate of drug-likeness (QED) is 0.517. The van der Waals surface area contributed by atoms with Gasteiger partial charge in [0.2, 0.25) is 0 Å². The summed E-state index contributed by atoms with van der Waals surface area (Å²) in [6, 6.07) is 22.5. The maximum atomic E-state index is 3.63. The second kappa shape index (κ2) is 5.63. The molecule has 2 heteroatoms. The van der Waals surface area contributed by atoms with Gasteiger partial charge in [-0.2, -0.15) is 0 Å². The zero-order valence-corrected chi connectivity index (χ0v) is 15.9. The molecule has 0 radical (unpaired) electrons. The third kappa shape index (κ3) is 2.36. The molecule has 0 unspecified atom stereocenters. The molecule has 0 atom stereocenters. The molecule has 0 aliphatic heterocycles. The lowest BCUT2D eigenvalue weighted by Crippen LogP contribution is -2.15. The molecule has 118 valence electrons. The SMILES string of the molecule is CBc1ccc(-c2ccc3c(c2)C(C)(C)c2cc(Br)ccc2-3)cc1. The molecule has 0 bridgehead atoms. The molecule has 1 aliphatic carbocycles. The fourth-order valence-corrected chi connectivity index (χ4v) is 4.18. The van der Waals surface area contributed by atoms with Crippen LogP contribution in [0.4, 0.5) is 0 Å². The van der Waals surface area contributed by atoms with Crippen molar-refractivity contribution in [2.45, 2.75) is 26.1 Å². The van der Waals surface area contributed by atoms with Crippen LogP contribution in [0.3, 0.4) is 0 Å². The Kier molecular flexibility index (Phi) is 3.69. The van der Waals surface area contributed by atoms with E-state index in [0.717, 1.165) is 11.8 Å². The summed E-state index contributed by atoms with van der Waals surface area (Å²) < 4.78 is 1.15. The van der Waals surface area contributed by atoms with Crippen LogP contribution in [0.1, 0.15) is 25.0 Å². The van der Waals surface area contributed by atoms with Gasteiger partial charge < -0.3 is 0 Å². The van der Waals surface area contributed by atoms with Crippen LogP contribution >= 0.6 is 15.9 Å². The fourth-order valence-electron chi connectivity index (χ4n) is 3.82. The maximum Gasteiger partial charge on any atom is 0.154 e. The first-order valence-corrected chi connectivity index (χ1v) is 9.34. The molecular formula is C22H20BBr. The van der Waals surface area contributed by atoms with Crippen molar-refractivity contribution in [3.05, 3.63) is 76.3 Å². The number of fused-ring (bicyclic) bond motifs is 3. The highest BCUT2D eigenvalue weighted by Crippen LogP contribution is 2.50. The maximum absolute atomic E-state index is 3.63. The summed E-state index contributed by atoms with van der Waals surface area (Å²) in [6.45, 7) is 6.85. The van der Waals surface area contributed by atoms with Crippen LogP contribution in [0.15, 0.2) is 65.1 Å². The van der Waals surface area contributed by atoms with Crippen LogP contribution in [0.25, 0.3) is 22.3 Å². The van der Waals surface area contributed by atoms with Crippen molar-refractivity contribution in [1.82, 2.24) is 0 Å². The Morgan fingerprint density at radius 2 is 1.33 bits per heavy atom. The molecule has 0 fully saturated rings. The summed E-state index contributed by atoms with van der Waals surface area (Å²) in [5.41, 5.74) is 9.59. The first-order valence-electron chi connectivity index (χ1n) is 8.55. The van der Waals surface area contributed by atoms with Gasteiger partial charge in [0.1, 0.15) is 0 Å². The molecule has 0 spiro atoms. The predicted molar refractivity (Wildman–Crippen MR) is 110 cm³/mol. The summed E-state index contributed by atoms with van der Waals surface area (Å²) in [4.78, 5) is 0. The van der Waals surface area contributed by atoms with Gasteiger partial charge in [-0.3, -0.25) is 0 Å². The highest BCUT2D eigenvalue weighted by molar-refractivity contribution is 9.10. The predicted octanol–water partition coefficient (Wildman–Crippen LogP) is 5.53. The van der Waals surface area contributed by atoms with Crippen LogP contribution in [0, 0.1) is 0 Å². The normalized spacial score (nSPS) is 14.2. The smallest absolute Gasteiger partial charge is 0.0849 e. The Balaban J connectivity index is 1.85. The zero-order chi connectivity index (χ0) is 16.9. The van der Waals surface area contributed by atoms with Crippen molar-refractivity contribution in [1.29, 1.82) is 0 Å². The third-order valence-corrected chi connectivity index (χ3v) is 5.83. The number of benzene rings is 3. The largest absolute Gasteiger partial charge is 0.154 e. The molecule has 1 aliphatic rings. The molecule has 0 N–H and O–H groups in total. The van der Waals surface area contributed by atoms with Crippen LogP contribution in [-0.4, -0.2) is 7.28 Å². The van der Waals surface area contributed by atoms with E-state index in [2.05, 4.69) is 97.3 Å². The highest BCUT2D eigenvalue weighted by atomic mass is 79.9. The van der Waals surface area contributed by atoms with E-state index in [1.807, 2.05) is 0 Å². The average molecular weight is 375 g/mol. The Bertz CT molecular complexity index is 923. The van der Waals surface area contributed by atoms with E-state index in [1.165, 1.54) is 38.8 Å². The summed E-state index contributed by atoms with van der Waals surface area (Å²) in [7, 11) is 1.09. The van der Waals surface area contributed by atoms with Gasteiger partial charge >= 0.3 is 0 Å². The first-order chi connectivity index (χ1) is 11.5. The summed E-state index contributed by atoms with van der Waals surface area (Å²) in [5, 5.41) is 0. The van der Waals surface area contributed by atoms with Gasteiger partial charge in [-0.1, -0.05) is 84.5 Å². The molecule has 24 heavy (non-hydrogen) atoms. The lowest BCUT2D eigenvalue weighted by atomic mass is 9.73. The highest BCUT2D eigenvalue weighted by Gasteiger charge is 2.35. The van der Waals surface area contributed by atoms with Crippen molar-refractivity contribution in [3.63, 3.8) is 0 Å². The van der Waals surface area contributed by atoms with Crippen molar-refractivity contribution in [3.8, 4) is 22.3 Å². The lowest BCUT2D eigenvalue weighted by molar-refractivity contribution is 0.660. The number of halogens is 1. The Labute approximate surface area is 153 Å². The summed E-state index contributed by atoms with van der Waals surface area (Å²) in [5.74, 6) is 0. The second-order valence-corrected chi connectivity index (χ2v) is 8.04. The molecule has 0 heterocycles. The molecule has 0 saturated heterocycles. The van der Waals surface area contributed by atoms with Gasteiger partial charge in [-0.15, -0.1) is 0 Å². The number of hydrogen-bond acceptors (Lipinski definition) is 0. The van der Waals surface area contributed by atoms with Crippen molar-refractivity contribution < 1.29 is 0 Å². The standard InChI is InChI=1S/C22H20BBr/c1-22(2)20-12-15(14-4-7-16(23-3)8-5-14)6-10-18(20)19-11-9-17(24)13-21(19)22/h4-13,23H,1-3H3. The number of rotatable bonds is 2. The monoisotopic (exact) mass is 374 g/mol. The second-order valence-electron chi connectivity index (χ2n) is 7.13. The molecule has 0 nitrogen and oxygen atoms in total. The van der Waals surface area contributed by atoms with Crippen LogP contribution in [-0.2, 0) is 5.41 Å².